The third-order valence-corrected chi connectivity index (χ3v) is 6.27. The van der Waals surface area contributed by atoms with Gasteiger partial charge in [0.1, 0.15) is 12.6 Å². The summed E-state index contributed by atoms with van der Waals surface area (Å²) in [6.45, 7) is 2.05. The lowest BCUT2D eigenvalue weighted by Gasteiger charge is -2.31. The number of nitrogens with zero attached hydrogens (tertiary/aromatic N) is 1. The van der Waals surface area contributed by atoms with Crippen molar-refractivity contribution >= 4 is 27.5 Å². The molecule has 134 valence electrons. The van der Waals surface area contributed by atoms with Gasteiger partial charge in [0.15, 0.2) is 5.01 Å². The molecule has 4 rings (SSSR count). The summed E-state index contributed by atoms with van der Waals surface area (Å²) < 4.78 is 6.12. The van der Waals surface area contributed by atoms with Crippen molar-refractivity contribution in [1.29, 1.82) is 0 Å². The number of fused-ring (bicyclic) bond motifs is 1. The highest BCUT2D eigenvalue weighted by atomic mass is 32.1. The number of likely N-dealkylation sites (tertiary alicyclic amines) is 1. The Hall–Kier alpha value is -2.24. The lowest BCUT2D eigenvalue weighted by molar-refractivity contribution is -0.950. The topological polar surface area (TPSA) is 43.6 Å². The van der Waals surface area contributed by atoms with Crippen molar-refractivity contribution in [2.45, 2.75) is 31.8 Å². The maximum Gasteiger partial charge on any atom is 0.337 e. The number of benzene rings is 2. The summed E-state index contributed by atoms with van der Waals surface area (Å²) >= 11 is 1.82. The van der Waals surface area contributed by atoms with Crippen molar-refractivity contribution in [3.05, 3.63) is 64.7 Å². The van der Waals surface area contributed by atoms with E-state index in [0.29, 0.717) is 11.6 Å². The third kappa shape index (κ3) is 3.50. The van der Waals surface area contributed by atoms with Gasteiger partial charge in [0, 0.05) is 12.0 Å². The zero-order chi connectivity index (χ0) is 17.9. The third-order valence-electron chi connectivity index (χ3n) is 5.12. The molecule has 0 bridgehead atoms. The first kappa shape index (κ1) is 17.2. The van der Waals surface area contributed by atoms with Crippen molar-refractivity contribution < 1.29 is 14.4 Å². The van der Waals surface area contributed by atoms with Crippen LogP contribution in [-0.2, 0) is 11.3 Å². The normalized spacial score (nSPS) is 20.2. The predicted octanol–water partition coefficient (Wildman–Crippen LogP) is 3.39. The van der Waals surface area contributed by atoms with Crippen molar-refractivity contribution in [2.75, 3.05) is 13.7 Å². The van der Waals surface area contributed by atoms with E-state index in [9.17, 15) is 4.79 Å². The van der Waals surface area contributed by atoms with Crippen molar-refractivity contribution in [3.63, 3.8) is 0 Å². The van der Waals surface area contributed by atoms with Crippen LogP contribution in [0, 0.1) is 0 Å². The van der Waals surface area contributed by atoms with Crippen LogP contribution in [0.4, 0.5) is 0 Å². The molecule has 2 aromatic carbocycles. The molecule has 1 aliphatic heterocycles. The van der Waals surface area contributed by atoms with Gasteiger partial charge >= 0.3 is 5.97 Å². The number of aromatic nitrogens is 1. The fourth-order valence-corrected chi connectivity index (χ4v) is 4.98. The summed E-state index contributed by atoms with van der Waals surface area (Å²) in [6.07, 6.45) is 3.67. The summed E-state index contributed by atoms with van der Waals surface area (Å²) in [4.78, 5) is 18.3. The molecular formula is C21H23N2O2S+. The van der Waals surface area contributed by atoms with E-state index in [1.165, 1.54) is 46.5 Å². The predicted molar refractivity (Wildman–Crippen MR) is 104 cm³/mol. The van der Waals surface area contributed by atoms with Crippen LogP contribution in [-0.4, -0.2) is 24.6 Å². The first-order valence-electron chi connectivity index (χ1n) is 9.12. The van der Waals surface area contributed by atoms with Crippen molar-refractivity contribution in [2.24, 2.45) is 0 Å². The van der Waals surface area contributed by atoms with Gasteiger partial charge in [0.05, 0.1) is 29.4 Å². The van der Waals surface area contributed by atoms with Crippen LogP contribution in [0.15, 0.2) is 48.5 Å². The summed E-state index contributed by atoms with van der Waals surface area (Å²) in [6, 6.07) is 16.6. The fraction of sp³-hybridized carbons (Fsp3) is 0.333. The quantitative estimate of drug-likeness (QED) is 0.719. The molecule has 4 nitrogen and oxygen atoms in total. The van der Waals surface area contributed by atoms with Crippen LogP contribution in [0.3, 0.4) is 0 Å². The van der Waals surface area contributed by atoms with Gasteiger partial charge in [-0.2, -0.15) is 0 Å². The summed E-state index contributed by atoms with van der Waals surface area (Å²) in [5.74, 6) is -0.275. The highest BCUT2D eigenvalue weighted by molar-refractivity contribution is 7.18. The van der Waals surface area contributed by atoms with Gasteiger partial charge in [-0.15, -0.1) is 11.3 Å². The van der Waals surface area contributed by atoms with E-state index in [2.05, 4.69) is 30.3 Å². The van der Waals surface area contributed by atoms with E-state index in [1.807, 2.05) is 29.5 Å². The Labute approximate surface area is 157 Å². The fourth-order valence-electron chi connectivity index (χ4n) is 3.82. The smallest absolute Gasteiger partial charge is 0.337 e. The Morgan fingerprint density at radius 3 is 2.96 bits per heavy atom. The SMILES string of the molecule is COC(=O)c1cccc(C[NH+]2CCCC[C@H]2c2nc3ccccc3s2)c1. The van der Waals surface area contributed by atoms with Crippen LogP contribution in [0.5, 0.6) is 0 Å². The number of hydrogen-bond acceptors (Lipinski definition) is 4. The number of carbonyl (C=O) groups excluding carboxylic acids is 1. The molecule has 0 aliphatic carbocycles. The van der Waals surface area contributed by atoms with Crippen LogP contribution < -0.4 is 4.90 Å². The molecule has 3 aromatic rings. The molecule has 1 aromatic heterocycles. The molecule has 5 heteroatoms. The lowest BCUT2D eigenvalue weighted by atomic mass is 10.0. The zero-order valence-corrected chi connectivity index (χ0v) is 15.7. The van der Waals surface area contributed by atoms with Gasteiger partial charge in [-0.05, 0) is 37.1 Å². The number of nitrogens with one attached hydrogen (secondary N) is 1. The first-order valence-corrected chi connectivity index (χ1v) is 9.93. The molecule has 2 heterocycles. The lowest BCUT2D eigenvalue weighted by Crippen LogP contribution is -3.11. The molecule has 1 fully saturated rings. The minimum atomic E-state index is -0.275. The zero-order valence-electron chi connectivity index (χ0n) is 14.9. The monoisotopic (exact) mass is 367 g/mol. The molecule has 1 N–H and O–H groups in total. The highest BCUT2D eigenvalue weighted by Crippen LogP contribution is 2.28. The maximum atomic E-state index is 11.8. The largest absolute Gasteiger partial charge is 0.465 e. The molecule has 26 heavy (non-hydrogen) atoms. The van der Waals surface area contributed by atoms with E-state index in [0.717, 1.165) is 18.6 Å². The number of carbonyl (C=O) groups is 1. The molecule has 0 spiro atoms. The molecular weight excluding hydrogens is 344 g/mol. The number of piperidine rings is 1. The van der Waals surface area contributed by atoms with Gasteiger partial charge in [0.2, 0.25) is 0 Å². The average molecular weight is 367 g/mol. The van der Waals surface area contributed by atoms with Gasteiger partial charge in [-0.25, -0.2) is 9.78 Å². The van der Waals surface area contributed by atoms with E-state index in [1.54, 1.807) is 0 Å². The Balaban J connectivity index is 1.59. The van der Waals surface area contributed by atoms with E-state index in [-0.39, 0.29) is 5.97 Å². The summed E-state index contributed by atoms with van der Waals surface area (Å²) in [5, 5.41) is 1.24. The second kappa shape index (κ2) is 7.56. The average Bonchev–Trinajstić information content (AvgIpc) is 3.12. The second-order valence-corrected chi connectivity index (χ2v) is 7.91. The van der Waals surface area contributed by atoms with Gasteiger partial charge in [-0.1, -0.05) is 24.3 Å². The number of para-hydroxylation sites is 1. The second-order valence-electron chi connectivity index (χ2n) is 6.85. The van der Waals surface area contributed by atoms with Gasteiger partial charge in [0.25, 0.3) is 0 Å². The molecule has 2 atom stereocenters. The number of hydrogen-bond donors (Lipinski definition) is 1. The summed E-state index contributed by atoms with van der Waals surface area (Å²) in [5.41, 5.74) is 2.90. The minimum absolute atomic E-state index is 0.275. The number of esters is 1. The highest BCUT2D eigenvalue weighted by Gasteiger charge is 2.30. The van der Waals surface area contributed by atoms with Crippen LogP contribution in [0.2, 0.25) is 0 Å². The van der Waals surface area contributed by atoms with Crippen molar-refractivity contribution in [1.82, 2.24) is 4.98 Å². The Kier molecular flexibility index (Phi) is 5.00. The Morgan fingerprint density at radius 1 is 1.23 bits per heavy atom. The van der Waals surface area contributed by atoms with Crippen LogP contribution in [0.25, 0.3) is 10.2 Å². The Morgan fingerprint density at radius 2 is 2.12 bits per heavy atom. The standard InChI is InChI=1S/C21H22N2O2S/c1-25-21(24)16-8-6-7-15(13-16)14-23-12-5-4-10-18(23)20-22-17-9-2-3-11-19(17)26-20/h2-3,6-9,11,13,18H,4-5,10,12,14H2,1H3/p+1/t18-/m0/s1. The number of methoxy groups -OCH3 is 1. The maximum absolute atomic E-state index is 11.8. The van der Waals surface area contributed by atoms with E-state index < -0.39 is 0 Å². The molecule has 1 saturated heterocycles. The Bertz CT molecular complexity index is 888. The molecule has 1 unspecified atom stereocenters. The molecule has 1 aliphatic rings. The number of thiazole rings is 1. The number of rotatable bonds is 4. The van der Waals surface area contributed by atoms with Gasteiger partial charge < -0.3 is 9.64 Å². The summed E-state index contributed by atoms with van der Waals surface area (Å²) in [7, 11) is 1.42. The molecule has 0 radical (unpaired) electrons. The number of quaternary nitrogens is 1. The first-order chi connectivity index (χ1) is 12.7. The van der Waals surface area contributed by atoms with Crippen LogP contribution in [0.1, 0.15) is 46.2 Å². The van der Waals surface area contributed by atoms with Gasteiger partial charge in [-0.3, -0.25) is 0 Å². The molecule has 0 saturated carbocycles. The van der Waals surface area contributed by atoms with Crippen molar-refractivity contribution in [3.8, 4) is 0 Å². The molecule has 0 amide bonds. The van der Waals surface area contributed by atoms with E-state index >= 15 is 0 Å². The minimum Gasteiger partial charge on any atom is -0.465 e. The van der Waals surface area contributed by atoms with E-state index in [4.69, 9.17) is 9.72 Å². The number of ether oxygens (including phenoxy) is 1. The van der Waals surface area contributed by atoms with Crippen LogP contribution >= 0.6 is 11.3 Å².